The molecule has 1 aromatic rings. The van der Waals surface area contributed by atoms with E-state index in [2.05, 4.69) is 49.1 Å². The van der Waals surface area contributed by atoms with Crippen LogP contribution in [0.4, 0.5) is 0 Å². The number of likely N-dealkylation sites (tertiary alicyclic amines) is 1. The van der Waals surface area contributed by atoms with Crippen LogP contribution < -0.4 is 0 Å². The van der Waals surface area contributed by atoms with E-state index >= 15 is 0 Å². The van der Waals surface area contributed by atoms with Crippen molar-refractivity contribution in [1.82, 2.24) is 4.90 Å². The van der Waals surface area contributed by atoms with Crippen molar-refractivity contribution in [3.63, 3.8) is 0 Å². The fourth-order valence-electron chi connectivity index (χ4n) is 5.06. The predicted molar refractivity (Wildman–Crippen MR) is 91.1 cm³/mol. The highest BCUT2D eigenvalue weighted by atomic mass is 16.7. The van der Waals surface area contributed by atoms with Crippen molar-refractivity contribution in [2.45, 2.75) is 63.8 Å². The average molecular weight is 315 g/mol. The molecule has 2 heterocycles. The zero-order chi connectivity index (χ0) is 16.0. The van der Waals surface area contributed by atoms with Crippen LogP contribution in [0.3, 0.4) is 0 Å². The summed E-state index contributed by atoms with van der Waals surface area (Å²) in [6, 6.07) is 10.9. The average Bonchev–Trinajstić information content (AvgIpc) is 3.08. The molecule has 1 aliphatic carbocycles. The minimum atomic E-state index is -0.234. The Morgan fingerprint density at radius 2 is 1.61 bits per heavy atom. The third kappa shape index (κ3) is 2.95. The van der Waals surface area contributed by atoms with Gasteiger partial charge in [0.2, 0.25) is 0 Å². The van der Waals surface area contributed by atoms with Crippen molar-refractivity contribution in [3.05, 3.63) is 35.9 Å². The number of rotatable bonds is 2. The van der Waals surface area contributed by atoms with Crippen molar-refractivity contribution in [3.8, 4) is 0 Å². The first-order valence-corrected chi connectivity index (χ1v) is 9.08. The molecular formula is C20H29NO2. The van der Waals surface area contributed by atoms with Crippen molar-refractivity contribution in [2.75, 3.05) is 19.8 Å². The lowest BCUT2D eigenvalue weighted by molar-refractivity contribution is -0.190. The highest BCUT2D eigenvalue weighted by Gasteiger charge is 2.53. The van der Waals surface area contributed by atoms with E-state index < -0.39 is 0 Å². The van der Waals surface area contributed by atoms with E-state index in [1.165, 1.54) is 31.4 Å². The van der Waals surface area contributed by atoms with Gasteiger partial charge >= 0.3 is 0 Å². The molecule has 0 atom stereocenters. The van der Waals surface area contributed by atoms with Crippen molar-refractivity contribution in [1.29, 1.82) is 0 Å². The quantitative estimate of drug-likeness (QED) is 0.824. The molecule has 0 unspecified atom stereocenters. The van der Waals surface area contributed by atoms with Crippen molar-refractivity contribution in [2.24, 2.45) is 5.41 Å². The number of benzene rings is 1. The maximum Gasteiger partial charge on any atom is 0.168 e. The number of hydrogen-bond acceptors (Lipinski definition) is 3. The monoisotopic (exact) mass is 315 g/mol. The summed E-state index contributed by atoms with van der Waals surface area (Å²) in [5, 5.41) is 0. The van der Waals surface area contributed by atoms with E-state index in [9.17, 15) is 0 Å². The second kappa shape index (κ2) is 5.58. The standard InChI is InChI=1S/C20H29NO2/c1-18(2)15-19(8-10-20(11-9-19)22-12-13-23-20)16-21(18)14-17-6-4-3-5-7-17/h3-7H,8-16H2,1-2H3. The summed E-state index contributed by atoms with van der Waals surface area (Å²) >= 11 is 0. The summed E-state index contributed by atoms with van der Waals surface area (Å²) in [5.41, 5.74) is 2.16. The van der Waals surface area contributed by atoms with Gasteiger partial charge in [0.1, 0.15) is 0 Å². The maximum absolute atomic E-state index is 5.92. The lowest BCUT2D eigenvalue weighted by Crippen LogP contribution is -2.41. The number of nitrogens with zero attached hydrogens (tertiary/aromatic N) is 1. The first kappa shape index (κ1) is 15.6. The minimum absolute atomic E-state index is 0.234. The zero-order valence-electron chi connectivity index (χ0n) is 14.5. The summed E-state index contributed by atoms with van der Waals surface area (Å²) in [5.74, 6) is -0.234. The Morgan fingerprint density at radius 1 is 0.957 bits per heavy atom. The van der Waals surface area contributed by atoms with Crippen LogP contribution in [0.1, 0.15) is 51.5 Å². The van der Waals surface area contributed by atoms with E-state index in [4.69, 9.17) is 9.47 Å². The third-order valence-corrected chi connectivity index (χ3v) is 6.29. The van der Waals surface area contributed by atoms with Crippen LogP contribution in [0.25, 0.3) is 0 Å². The molecule has 3 heteroatoms. The molecule has 3 fully saturated rings. The molecule has 0 amide bonds. The van der Waals surface area contributed by atoms with Gasteiger partial charge in [0, 0.05) is 31.5 Å². The van der Waals surface area contributed by atoms with E-state index in [0.717, 1.165) is 32.6 Å². The molecule has 0 aromatic heterocycles. The molecule has 1 aromatic carbocycles. The highest BCUT2D eigenvalue weighted by Crippen LogP contribution is 2.53. The molecule has 0 bridgehead atoms. The largest absolute Gasteiger partial charge is 0.348 e. The first-order chi connectivity index (χ1) is 11.0. The Balaban J connectivity index is 1.46. The Kier molecular flexibility index (Phi) is 3.79. The molecule has 3 aliphatic rings. The van der Waals surface area contributed by atoms with Crippen LogP contribution in [0.5, 0.6) is 0 Å². The van der Waals surface area contributed by atoms with Crippen LogP contribution in [0, 0.1) is 5.41 Å². The molecule has 2 aliphatic heterocycles. The van der Waals surface area contributed by atoms with E-state index in [0.29, 0.717) is 5.41 Å². The van der Waals surface area contributed by atoms with Gasteiger partial charge in [-0.3, -0.25) is 4.90 Å². The fourth-order valence-corrected chi connectivity index (χ4v) is 5.06. The molecule has 0 radical (unpaired) electrons. The van der Waals surface area contributed by atoms with E-state index in [1.807, 2.05) is 0 Å². The number of ether oxygens (including phenoxy) is 2. The highest BCUT2D eigenvalue weighted by molar-refractivity contribution is 5.16. The number of hydrogen-bond donors (Lipinski definition) is 0. The Hall–Kier alpha value is -0.900. The van der Waals surface area contributed by atoms with Crippen LogP contribution in [-0.2, 0) is 16.0 Å². The second-order valence-electron chi connectivity index (χ2n) is 8.44. The molecule has 23 heavy (non-hydrogen) atoms. The summed E-state index contributed by atoms with van der Waals surface area (Å²) in [6.45, 7) is 8.66. The zero-order valence-corrected chi connectivity index (χ0v) is 14.5. The van der Waals surface area contributed by atoms with Crippen LogP contribution in [0.15, 0.2) is 30.3 Å². The Morgan fingerprint density at radius 3 is 2.26 bits per heavy atom. The summed E-state index contributed by atoms with van der Waals surface area (Å²) in [6.07, 6.45) is 5.91. The van der Waals surface area contributed by atoms with E-state index in [-0.39, 0.29) is 11.3 Å². The van der Waals surface area contributed by atoms with Gasteiger partial charge in [-0.1, -0.05) is 30.3 Å². The third-order valence-electron chi connectivity index (χ3n) is 6.29. The maximum atomic E-state index is 5.92. The van der Waals surface area contributed by atoms with Crippen molar-refractivity contribution < 1.29 is 9.47 Å². The van der Waals surface area contributed by atoms with Gasteiger partial charge in [-0.2, -0.15) is 0 Å². The summed E-state index contributed by atoms with van der Waals surface area (Å²) in [7, 11) is 0. The smallest absolute Gasteiger partial charge is 0.168 e. The van der Waals surface area contributed by atoms with Gasteiger partial charge < -0.3 is 9.47 Å². The van der Waals surface area contributed by atoms with Gasteiger partial charge in [-0.05, 0) is 44.1 Å². The summed E-state index contributed by atoms with van der Waals surface area (Å²) < 4.78 is 11.8. The van der Waals surface area contributed by atoms with Gasteiger partial charge in [0.25, 0.3) is 0 Å². The molecule has 126 valence electrons. The topological polar surface area (TPSA) is 21.7 Å². The fraction of sp³-hybridized carbons (Fsp3) is 0.700. The normalized spacial score (nSPS) is 28.6. The molecule has 1 saturated carbocycles. The molecular weight excluding hydrogens is 286 g/mol. The van der Waals surface area contributed by atoms with Crippen LogP contribution in [-0.4, -0.2) is 36.0 Å². The molecule has 4 rings (SSSR count). The second-order valence-corrected chi connectivity index (χ2v) is 8.44. The van der Waals surface area contributed by atoms with Gasteiger partial charge in [-0.25, -0.2) is 0 Å². The Bertz CT molecular complexity index is 538. The van der Waals surface area contributed by atoms with Gasteiger partial charge in [0.05, 0.1) is 13.2 Å². The van der Waals surface area contributed by atoms with Gasteiger partial charge in [0.15, 0.2) is 5.79 Å². The molecule has 2 spiro atoms. The first-order valence-electron chi connectivity index (χ1n) is 9.08. The molecule has 3 nitrogen and oxygen atoms in total. The van der Waals surface area contributed by atoms with Crippen LogP contribution >= 0.6 is 0 Å². The lowest BCUT2D eigenvalue weighted by Gasteiger charge is -2.41. The predicted octanol–water partition coefficient (Wildman–Crippen LogP) is 3.97. The summed E-state index contributed by atoms with van der Waals surface area (Å²) in [4.78, 5) is 2.69. The molecule has 2 saturated heterocycles. The minimum Gasteiger partial charge on any atom is -0.348 e. The SMILES string of the molecule is CC1(C)CC2(CCC3(CC2)OCCO3)CN1Cc1ccccc1. The lowest BCUT2D eigenvalue weighted by atomic mass is 9.69. The van der Waals surface area contributed by atoms with Crippen LogP contribution in [0.2, 0.25) is 0 Å². The van der Waals surface area contributed by atoms with E-state index in [1.54, 1.807) is 0 Å². The Labute approximate surface area is 140 Å². The van der Waals surface area contributed by atoms with Gasteiger partial charge in [-0.15, -0.1) is 0 Å². The molecule has 0 N–H and O–H groups in total. The van der Waals surface area contributed by atoms with Crippen molar-refractivity contribution >= 4 is 0 Å².